The summed E-state index contributed by atoms with van der Waals surface area (Å²) in [7, 11) is 1.24. The van der Waals surface area contributed by atoms with Crippen molar-refractivity contribution < 1.29 is 23.1 Å². The molecular formula is C12H13F2N3O3. The number of nitrogens with one attached hydrogen (secondary N) is 1. The Bertz CT molecular complexity index is 539. The van der Waals surface area contributed by atoms with Gasteiger partial charge in [0.05, 0.1) is 18.7 Å². The molecule has 6 nitrogen and oxygen atoms in total. The molecule has 1 saturated heterocycles. The van der Waals surface area contributed by atoms with Crippen LogP contribution in [0.4, 0.5) is 13.6 Å². The van der Waals surface area contributed by atoms with Crippen molar-refractivity contribution in [3.63, 3.8) is 0 Å². The molecule has 0 saturated carbocycles. The number of halogens is 2. The van der Waals surface area contributed by atoms with Crippen LogP contribution >= 0.6 is 0 Å². The lowest BCUT2D eigenvalue weighted by atomic mass is 10.2. The zero-order valence-electron chi connectivity index (χ0n) is 10.7. The van der Waals surface area contributed by atoms with Crippen molar-refractivity contribution in [2.75, 3.05) is 20.2 Å². The molecule has 2 amide bonds. The highest BCUT2D eigenvalue weighted by Crippen LogP contribution is 2.16. The molecule has 0 radical (unpaired) electrons. The number of hydrogen-bond donors (Lipinski definition) is 1. The number of rotatable bonds is 2. The third-order valence-corrected chi connectivity index (χ3v) is 3.06. The van der Waals surface area contributed by atoms with Crippen LogP contribution in [0.1, 0.15) is 16.8 Å². The Labute approximate surface area is 113 Å². The predicted molar refractivity (Wildman–Crippen MR) is 64.0 cm³/mol. The Morgan fingerprint density at radius 1 is 1.50 bits per heavy atom. The molecule has 1 aromatic heterocycles. The highest BCUT2D eigenvalue weighted by atomic mass is 19.2. The molecule has 20 heavy (non-hydrogen) atoms. The van der Waals surface area contributed by atoms with E-state index < -0.39 is 23.8 Å². The van der Waals surface area contributed by atoms with Gasteiger partial charge in [0.2, 0.25) is 5.95 Å². The second kappa shape index (κ2) is 5.81. The summed E-state index contributed by atoms with van der Waals surface area (Å²) in [5, 5.41) is 2.56. The van der Waals surface area contributed by atoms with Crippen LogP contribution in [0.5, 0.6) is 0 Å². The van der Waals surface area contributed by atoms with Crippen molar-refractivity contribution in [2.45, 2.75) is 12.5 Å². The van der Waals surface area contributed by atoms with Crippen LogP contribution in [0, 0.1) is 11.8 Å². The predicted octanol–water partition coefficient (Wildman–Crippen LogP) is 0.930. The molecule has 108 valence electrons. The Morgan fingerprint density at radius 3 is 2.95 bits per heavy atom. The zero-order chi connectivity index (χ0) is 14.7. The normalized spacial score (nSPS) is 17.9. The third kappa shape index (κ3) is 2.84. The van der Waals surface area contributed by atoms with Crippen LogP contribution < -0.4 is 5.32 Å². The summed E-state index contributed by atoms with van der Waals surface area (Å²) in [4.78, 5) is 27.6. The van der Waals surface area contributed by atoms with Crippen LogP contribution in [-0.2, 0) is 4.74 Å². The summed E-state index contributed by atoms with van der Waals surface area (Å²) < 4.78 is 30.9. The maximum Gasteiger partial charge on any atom is 0.407 e. The van der Waals surface area contributed by atoms with E-state index in [2.05, 4.69) is 15.0 Å². The molecule has 1 aromatic rings. The van der Waals surface area contributed by atoms with Gasteiger partial charge in [-0.25, -0.2) is 14.2 Å². The summed E-state index contributed by atoms with van der Waals surface area (Å²) in [6.45, 7) is 0.564. The lowest BCUT2D eigenvalue weighted by Gasteiger charge is -2.17. The number of pyridine rings is 1. The van der Waals surface area contributed by atoms with Crippen LogP contribution in [-0.4, -0.2) is 48.1 Å². The number of carbonyl (C=O) groups excluding carboxylic acids is 2. The second-order valence-electron chi connectivity index (χ2n) is 4.34. The number of aromatic nitrogens is 1. The molecule has 2 rings (SSSR count). The summed E-state index contributed by atoms with van der Waals surface area (Å²) in [6.07, 6.45) is 0.965. The van der Waals surface area contributed by atoms with E-state index in [-0.39, 0.29) is 18.2 Å². The molecule has 1 aliphatic rings. The average molecular weight is 285 g/mol. The second-order valence-corrected chi connectivity index (χ2v) is 4.34. The van der Waals surface area contributed by atoms with Gasteiger partial charge < -0.3 is 15.0 Å². The summed E-state index contributed by atoms with van der Waals surface area (Å²) in [6, 6.07) is 0.864. The van der Waals surface area contributed by atoms with E-state index in [4.69, 9.17) is 0 Å². The molecule has 8 heteroatoms. The molecule has 1 atom stereocenters. The fourth-order valence-corrected chi connectivity index (χ4v) is 2.04. The van der Waals surface area contributed by atoms with Gasteiger partial charge in [0.25, 0.3) is 5.91 Å². The molecule has 1 aliphatic heterocycles. The molecular weight excluding hydrogens is 272 g/mol. The molecule has 0 aliphatic carbocycles. The maximum atomic E-state index is 13.5. The number of ether oxygens (including phenoxy) is 1. The van der Waals surface area contributed by atoms with E-state index in [0.29, 0.717) is 13.0 Å². The van der Waals surface area contributed by atoms with E-state index >= 15 is 0 Å². The fraction of sp³-hybridized carbons (Fsp3) is 0.417. The number of methoxy groups -OCH3 is 1. The Balaban J connectivity index is 2.04. The molecule has 0 spiro atoms. The van der Waals surface area contributed by atoms with Gasteiger partial charge in [-0.15, -0.1) is 0 Å². The van der Waals surface area contributed by atoms with Gasteiger partial charge in [-0.1, -0.05) is 0 Å². The SMILES string of the molecule is COC(=O)NC1CCN(C(=O)c2ccnc(F)c2F)C1. The largest absolute Gasteiger partial charge is 0.453 e. The molecule has 2 heterocycles. The molecule has 1 N–H and O–H groups in total. The minimum atomic E-state index is -1.31. The Kier molecular flexibility index (Phi) is 4.11. The maximum absolute atomic E-state index is 13.5. The quantitative estimate of drug-likeness (QED) is 0.821. The van der Waals surface area contributed by atoms with Gasteiger partial charge in [-0.3, -0.25) is 4.79 Å². The number of carbonyl (C=O) groups is 2. The zero-order valence-corrected chi connectivity index (χ0v) is 10.7. The minimum Gasteiger partial charge on any atom is -0.453 e. The van der Waals surface area contributed by atoms with Crippen molar-refractivity contribution in [3.8, 4) is 0 Å². The number of alkyl carbamates (subject to hydrolysis) is 1. The van der Waals surface area contributed by atoms with Gasteiger partial charge in [-0.2, -0.15) is 4.39 Å². The minimum absolute atomic E-state index is 0.220. The molecule has 1 fully saturated rings. The van der Waals surface area contributed by atoms with Crippen molar-refractivity contribution in [3.05, 3.63) is 29.6 Å². The monoisotopic (exact) mass is 285 g/mol. The van der Waals surface area contributed by atoms with E-state index in [1.54, 1.807) is 0 Å². The number of nitrogens with zero attached hydrogens (tertiary/aromatic N) is 2. The van der Waals surface area contributed by atoms with Crippen LogP contribution in [0.3, 0.4) is 0 Å². The summed E-state index contributed by atoms with van der Waals surface area (Å²) >= 11 is 0. The van der Waals surface area contributed by atoms with E-state index in [1.807, 2.05) is 0 Å². The standard InChI is InChI=1S/C12H13F2N3O3/c1-20-12(19)16-7-3-5-17(6-7)11(18)8-2-4-15-10(14)9(8)13/h2,4,7H,3,5-6H2,1H3,(H,16,19). The lowest BCUT2D eigenvalue weighted by Crippen LogP contribution is -2.38. The highest BCUT2D eigenvalue weighted by molar-refractivity contribution is 5.94. The number of likely N-dealkylation sites (tertiary alicyclic amines) is 1. The Morgan fingerprint density at radius 2 is 2.25 bits per heavy atom. The van der Waals surface area contributed by atoms with E-state index in [9.17, 15) is 18.4 Å². The van der Waals surface area contributed by atoms with Gasteiger partial charge in [0.1, 0.15) is 0 Å². The van der Waals surface area contributed by atoms with Crippen LogP contribution in [0.15, 0.2) is 12.3 Å². The van der Waals surface area contributed by atoms with Gasteiger partial charge in [0, 0.05) is 19.3 Å². The first kappa shape index (κ1) is 14.2. The van der Waals surface area contributed by atoms with Crippen LogP contribution in [0.25, 0.3) is 0 Å². The smallest absolute Gasteiger partial charge is 0.407 e. The summed E-state index contributed by atoms with van der Waals surface area (Å²) in [5.41, 5.74) is -0.365. The summed E-state index contributed by atoms with van der Waals surface area (Å²) in [5.74, 6) is -3.20. The van der Waals surface area contributed by atoms with Crippen molar-refractivity contribution >= 4 is 12.0 Å². The van der Waals surface area contributed by atoms with Crippen molar-refractivity contribution in [2.24, 2.45) is 0 Å². The fourth-order valence-electron chi connectivity index (χ4n) is 2.04. The van der Waals surface area contributed by atoms with Crippen molar-refractivity contribution in [1.82, 2.24) is 15.2 Å². The van der Waals surface area contributed by atoms with E-state index in [1.165, 1.54) is 12.0 Å². The number of hydrogen-bond acceptors (Lipinski definition) is 4. The van der Waals surface area contributed by atoms with Gasteiger partial charge in [-0.05, 0) is 12.5 Å². The first-order valence-electron chi connectivity index (χ1n) is 5.96. The van der Waals surface area contributed by atoms with E-state index in [0.717, 1.165) is 12.3 Å². The Hall–Kier alpha value is -2.25. The average Bonchev–Trinajstić information content (AvgIpc) is 2.89. The third-order valence-electron chi connectivity index (χ3n) is 3.06. The number of amides is 2. The van der Waals surface area contributed by atoms with Crippen molar-refractivity contribution in [1.29, 1.82) is 0 Å². The topological polar surface area (TPSA) is 71.5 Å². The lowest BCUT2D eigenvalue weighted by molar-refractivity contribution is 0.0782. The van der Waals surface area contributed by atoms with Gasteiger partial charge >= 0.3 is 6.09 Å². The first-order chi connectivity index (χ1) is 9.52. The molecule has 0 bridgehead atoms. The molecule has 0 aromatic carbocycles. The first-order valence-corrected chi connectivity index (χ1v) is 5.96. The molecule has 1 unspecified atom stereocenters. The van der Waals surface area contributed by atoms with Gasteiger partial charge in [0.15, 0.2) is 5.82 Å². The highest BCUT2D eigenvalue weighted by Gasteiger charge is 2.30. The van der Waals surface area contributed by atoms with Crippen LogP contribution in [0.2, 0.25) is 0 Å².